The molecule has 1 aromatic carbocycles. The van der Waals surface area contributed by atoms with Crippen LogP contribution < -0.4 is 9.47 Å². The lowest BCUT2D eigenvalue weighted by Crippen LogP contribution is -1.98. The van der Waals surface area contributed by atoms with E-state index in [1.165, 1.54) is 6.07 Å². The molecule has 0 saturated heterocycles. The van der Waals surface area contributed by atoms with Gasteiger partial charge in [0, 0.05) is 6.07 Å². The molecule has 0 radical (unpaired) electrons. The van der Waals surface area contributed by atoms with E-state index >= 15 is 0 Å². The molecule has 6 nitrogen and oxygen atoms in total. The average molecular weight is 274 g/mol. The number of carbonyl (C=O) groups excluding carboxylic acids is 1. The molecular formula is C14H10O6. The minimum Gasteiger partial charge on any atom is -0.486 e. The van der Waals surface area contributed by atoms with Crippen molar-refractivity contribution >= 4 is 11.8 Å². The molecule has 102 valence electrons. The lowest BCUT2D eigenvalue weighted by atomic mass is 10.1. The Morgan fingerprint density at radius 1 is 1.35 bits per heavy atom. The summed E-state index contributed by atoms with van der Waals surface area (Å²) < 4.78 is 15.7. The first-order valence-corrected chi connectivity index (χ1v) is 5.87. The van der Waals surface area contributed by atoms with E-state index in [-0.39, 0.29) is 24.6 Å². The van der Waals surface area contributed by atoms with Crippen molar-refractivity contribution in [3.8, 4) is 11.5 Å². The first-order chi connectivity index (χ1) is 9.63. The SMILES string of the molecule is O=C(O)c1coc(COc2ccc3c(c2)OCC3=O)c1. The second-order valence-electron chi connectivity index (χ2n) is 4.27. The van der Waals surface area contributed by atoms with Gasteiger partial charge in [0.15, 0.2) is 6.61 Å². The zero-order chi connectivity index (χ0) is 14.1. The number of aromatic carboxylic acids is 1. The molecule has 2 aromatic rings. The predicted molar refractivity (Wildman–Crippen MR) is 66.3 cm³/mol. The van der Waals surface area contributed by atoms with Gasteiger partial charge in [-0.3, -0.25) is 4.79 Å². The monoisotopic (exact) mass is 274 g/mol. The second kappa shape index (κ2) is 4.73. The number of hydrogen-bond donors (Lipinski definition) is 1. The number of furan rings is 1. The van der Waals surface area contributed by atoms with Gasteiger partial charge in [0.05, 0.1) is 11.1 Å². The molecule has 0 fully saturated rings. The van der Waals surface area contributed by atoms with Gasteiger partial charge in [-0.25, -0.2) is 4.79 Å². The van der Waals surface area contributed by atoms with Crippen molar-refractivity contribution in [2.75, 3.05) is 6.61 Å². The Balaban J connectivity index is 1.69. The normalized spacial score (nSPS) is 12.9. The highest BCUT2D eigenvalue weighted by atomic mass is 16.5. The smallest absolute Gasteiger partial charge is 0.338 e. The van der Waals surface area contributed by atoms with E-state index in [1.54, 1.807) is 18.2 Å². The third-order valence-electron chi connectivity index (χ3n) is 2.89. The number of carboxylic acid groups (broad SMARTS) is 1. The second-order valence-corrected chi connectivity index (χ2v) is 4.27. The summed E-state index contributed by atoms with van der Waals surface area (Å²) in [6.07, 6.45) is 1.16. The Hall–Kier alpha value is -2.76. The van der Waals surface area contributed by atoms with Crippen molar-refractivity contribution in [2.45, 2.75) is 6.61 Å². The summed E-state index contributed by atoms with van der Waals surface area (Å²) in [7, 11) is 0. The number of ketones is 1. The van der Waals surface area contributed by atoms with Crippen LogP contribution in [-0.2, 0) is 6.61 Å². The van der Waals surface area contributed by atoms with Crippen LogP contribution in [0.5, 0.6) is 11.5 Å². The molecule has 0 atom stereocenters. The van der Waals surface area contributed by atoms with Gasteiger partial charge in [-0.15, -0.1) is 0 Å². The lowest BCUT2D eigenvalue weighted by molar-refractivity contribution is 0.0696. The Morgan fingerprint density at radius 3 is 2.95 bits per heavy atom. The van der Waals surface area contributed by atoms with Crippen LogP contribution in [0.25, 0.3) is 0 Å². The van der Waals surface area contributed by atoms with Crippen molar-refractivity contribution in [3.63, 3.8) is 0 Å². The molecule has 0 amide bonds. The number of benzene rings is 1. The fourth-order valence-corrected chi connectivity index (χ4v) is 1.89. The molecule has 1 N–H and O–H groups in total. The van der Waals surface area contributed by atoms with Crippen LogP contribution in [0.4, 0.5) is 0 Å². The van der Waals surface area contributed by atoms with Crippen LogP contribution in [0.15, 0.2) is 34.9 Å². The topological polar surface area (TPSA) is 86.0 Å². The maximum absolute atomic E-state index is 11.4. The van der Waals surface area contributed by atoms with Crippen LogP contribution in [0.1, 0.15) is 26.5 Å². The number of carboxylic acids is 1. The molecular weight excluding hydrogens is 264 g/mol. The highest BCUT2D eigenvalue weighted by molar-refractivity contribution is 6.02. The predicted octanol–water partition coefficient (Wildman–Crippen LogP) is 2.13. The maximum Gasteiger partial charge on any atom is 0.338 e. The summed E-state index contributed by atoms with van der Waals surface area (Å²) in [5.74, 6) is 0.318. The highest BCUT2D eigenvalue weighted by Crippen LogP contribution is 2.29. The minimum absolute atomic E-state index is 0.0521. The van der Waals surface area contributed by atoms with E-state index in [0.717, 1.165) is 6.26 Å². The Bertz CT molecular complexity index is 685. The Kier molecular flexibility index (Phi) is 2.90. The standard InChI is InChI=1S/C14H10O6/c15-12-7-20-13-4-9(1-2-11(12)13)19-6-10-3-8(5-18-10)14(16)17/h1-5H,6-7H2,(H,16,17). The number of carbonyl (C=O) groups is 2. The fourth-order valence-electron chi connectivity index (χ4n) is 1.89. The fraction of sp³-hybridized carbons (Fsp3) is 0.143. The van der Waals surface area contributed by atoms with Crippen molar-refractivity contribution < 1.29 is 28.6 Å². The molecule has 6 heteroatoms. The van der Waals surface area contributed by atoms with Crippen LogP contribution in [-0.4, -0.2) is 23.5 Å². The first-order valence-electron chi connectivity index (χ1n) is 5.87. The summed E-state index contributed by atoms with van der Waals surface area (Å²) in [6, 6.07) is 6.33. The summed E-state index contributed by atoms with van der Waals surface area (Å²) in [6.45, 7) is 0.152. The quantitative estimate of drug-likeness (QED) is 0.919. The lowest BCUT2D eigenvalue weighted by Gasteiger charge is -2.05. The number of hydrogen-bond acceptors (Lipinski definition) is 5. The van der Waals surface area contributed by atoms with Gasteiger partial charge in [0.2, 0.25) is 5.78 Å². The van der Waals surface area contributed by atoms with E-state index in [0.29, 0.717) is 22.8 Å². The molecule has 0 unspecified atom stereocenters. The molecule has 3 rings (SSSR count). The third kappa shape index (κ3) is 2.23. The highest BCUT2D eigenvalue weighted by Gasteiger charge is 2.21. The number of Topliss-reactive ketones (excluding diaryl/α,β-unsaturated/α-hetero) is 1. The van der Waals surface area contributed by atoms with Crippen LogP contribution in [0, 0.1) is 0 Å². The van der Waals surface area contributed by atoms with E-state index < -0.39 is 5.97 Å². The van der Waals surface area contributed by atoms with Gasteiger partial charge >= 0.3 is 5.97 Å². The van der Waals surface area contributed by atoms with Crippen LogP contribution >= 0.6 is 0 Å². The van der Waals surface area contributed by atoms with E-state index in [4.69, 9.17) is 19.0 Å². The molecule has 1 aliphatic rings. The van der Waals surface area contributed by atoms with Crippen LogP contribution in [0.3, 0.4) is 0 Å². The van der Waals surface area contributed by atoms with Gasteiger partial charge in [0.25, 0.3) is 0 Å². The molecule has 1 aromatic heterocycles. The molecule has 0 saturated carbocycles. The minimum atomic E-state index is -1.05. The van der Waals surface area contributed by atoms with Crippen molar-refractivity contribution in [1.82, 2.24) is 0 Å². The average Bonchev–Trinajstić information content (AvgIpc) is 3.04. The molecule has 0 aliphatic carbocycles. The maximum atomic E-state index is 11.4. The van der Waals surface area contributed by atoms with Gasteiger partial charge < -0.3 is 19.0 Å². The zero-order valence-corrected chi connectivity index (χ0v) is 10.3. The Labute approximate surface area is 113 Å². The third-order valence-corrected chi connectivity index (χ3v) is 2.89. The van der Waals surface area contributed by atoms with Gasteiger partial charge in [-0.05, 0) is 18.2 Å². The van der Waals surface area contributed by atoms with Crippen molar-refractivity contribution in [1.29, 1.82) is 0 Å². The number of rotatable bonds is 4. The molecule has 1 aliphatic heterocycles. The summed E-state index contributed by atoms with van der Waals surface area (Å²) in [5.41, 5.74) is 0.620. The number of fused-ring (bicyclic) bond motifs is 1. The summed E-state index contributed by atoms with van der Waals surface area (Å²) in [5, 5.41) is 8.76. The summed E-state index contributed by atoms with van der Waals surface area (Å²) >= 11 is 0. The van der Waals surface area contributed by atoms with E-state index in [1.807, 2.05) is 0 Å². The Morgan fingerprint density at radius 2 is 2.20 bits per heavy atom. The van der Waals surface area contributed by atoms with Crippen molar-refractivity contribution in [2.24, 2.45) is 0 Å². The van der Waals surface area contributed by atoms with Gasteiger partial charge in [-0.1, -0.05) is 0 Å². The molecule has 20 heavy (non-hydrogen) atoms. The van der Waals surface area contributed by atoms with E-state index in [2.05, 4.69) is 0 Å². The van der Waals surface area contributed by atoms with Gasteiger partial charge in [0.1, 0.15) is 30.1 Å². The first kappa shape index (κ1) is 12.3. The van der Waals surface area contributed by atoms with E-state index in [9.17, 15) is 9.59 Å². The molecule has 2 heterocycles. The van der Waals surface area contributed by atoms with Crippen LogP contribution in [0.2, 0.25) is 0 Å². The largest absolute Gasteiger partial charge is 0.486 e. The molecule has 0 bridgehead atoms. The van der Waals surface area contributed by atoms with Crippen molar-refractivity contribution in [3.05, 3.63) is 47.4 Å². The summed E-state index contributed by atoms with van der Waals surface area (Å²) in [4.78, 5) is 22.1. The number of ether oxygens (including phenoxy) is 2. The van der Waals surface area contributed by atoms with Gasteiger partial charge in [-0.2, -0.15) is 0 Å². The molecule has 0 spiro atoms. The zero-order valence-electron chi connectivity index (χ0n) is 10.3.